The number of rotatable bonds is 6. The van der Waals surface area contributed by atoms with E-state index in [9.17, 15) is 14.4 Å². The number of para-hydroxylation sites is 1. The molecule has 3 aromatic rings. The number of likely N-dealkylation sites (tertiary alicyclic amines) is 1. The van der Waals surface area contributed by atoms with Crippen LogP contribution in [0.5, 0.6) is 0 Å². The van der Waals surface area contributed by atoms with Gasteiger partial charge in [-0.15, -0.1) is 0 Å². The molecule has 0 radical (unpaired) electrons. The third kappa shape index (κ3) is 4.53. The van der Waals surface area contributed by atoms with Gasteiger partial charge in [0.05, 0.1) is 23.4 Å². The zero-order valence-electron chi connectivity index (χ0n) is 18.5. The lowest BCUT2D eigenvalue weighted by atomic mass is 9.80. The number of esters is 1. The third-order valence-corrected chi connectivity index (χ3v) is 6.32. The first kappa shape index (κ1) is 22.0. The topological polar surface area (TPSA) is 84.4 Å². The Morgan fingerprint density at radius 1 is 1.09 bits per heavy atom. The second kappa shape index (κ2) is 9.53. The van der Waals surface area contributed by atoms with E-state index in [1.165, 1.54) is 10.1 Å². The summed E-state index contributed by atoms with van der Waals surface area (Å²) >= 11 is 0. The molecule has 1 aliphatic heterocycles. The van der Waals surface area contributed by atoms with Gasteiger partial charge in [0.1, 0.15) is 0 Å². The minimum atomic E-state index is -0.412. The summed E-state index contributed by atoms with van der Waals surface area (Å²) in [7, 11) is 0. The van der Waals surface area contributed by atoms with Gasteiger partial charge in [-0.2, -0.15) is 0 Å². The number of H-pyrrole nitrogens is 1. The Kier molecular flexibility index (Phi) is 6.55. The molecule has 7 nitrogen and oxygen atoms in total. The van der Waals surface area contributed by atoms with Crippen LogP contribution in [-0.2, 0) is 16.1 Å². The standard InChI is InChI=1S/C25H29N3O4/c1-3-32-24(30)21-16-27(13-12-19(21)18-10-8-17(2)9-11-18)14-15-28-23(29)20-6-4-5-7-22(20)26-25(28)31/h4-11,19,21H,3,12-16H2,1-2H3,(H,26,31). The molecule has 0 aliphatic carbocycles. The van der Waals surface area contributed by atoms with E-state index < -0.39 is 5.69 Å². The largest absolute Gasteiger partial charge is 0.466 e. The Bertz CT molecular complexity index is 1210. The number of aryl methyl sites for hydroxylation is 1. The van der Waals surface area contributed by atoms with Crippen molar-refractivity contribution >= 4 is 16.9 Å². The van der Waals surface area contributed by atoms with Crippen molar-refractivity contribution in [2.45, 2.75) is 32.7 Å². The molecule has 7 heteroatoms. The van der Waals surface area contributed by atoms with Crippen molar-refractivity contribution in [3.8, 4) is 0 Å². The highest BCUT2D eigenvalue weighted by Gasteiger charge is 2.36. The van der Waals surface area contributed by atoms with Crippen LogP contribution in [0.4, 0.5) is 0 Å². The molecule has 0 bridgehead atoms. The molecule has 1 aliphatic rings. The fourth-order valence-corrected chi connectivity index (χ4v) is 4.57. The minimum absolute atomic E-state index is 0.0951. The van der Waals surface area contributed by atoms with Crippen LogP contribution in [0.3, 0.4) is 0 Å². The fraction of sp³-hybridized carbons (Fsp3) is 0.400. The first-order valence-corrected chi connectivity index (χ1v) is 11.2. The van der Waals surface area contributed by atoms with Crippen molar-refractivity contribution in [2.75, 3.05) is 26.2 Å². The Morgan fingerprint density at radius 2 is 1.84 bits per heavy atom. The molecule has 2 unspecified atom stereocenters. The van der Waals surface area contributed by atoms with Gasteiger partial charge in [-0.3, -0.25) is 14.2 Å². The lowest BCUT2D eigenvalue weighted by Gasteiger charge is -2.37. The number of aromatic nitrogens is 2. The monoisotopic (exact) mass is 435 g/mol. The highest BCUT2D eigenvalue weighted by Crippen LogP contribution is 2.34. The number of benzene rings is 2. The maximum absolute atomic E-state index is 12.8. The summed E-state index contributed by atoms with van der Waals surface area (Å²) < 4.78 is 6.62. The molecule has 2 aromatic carbocycles. The van der Waals surface area contributed by atoms with E-state index in [1.54, 1.807) is 24.3 Å². The Hall–Kier alpha value is -3.19. The molecule has 168 valence electrons. The van der Waals surface area contributed by atoms with Crippen molar-refractivity contribution in [1.29, 1.82) is 0 Å². The molecule has 2 atom stereocenters. The molecule has 2 heterocycles. The first-order chi connectivity index (χ1) is 15.5. The van der Waals surface area contributed by atoms with Gasteiger partial charge in [0.15, 0.2) is 0 Å². The highest BCUT2D eigenvalue weighted by molar-refractivity contribution is 5.77. The highest BCUT2D eigenvalue weighted by atomic mass is 16.5. The molecule has 0 saturated carbocycles. The lowest BCUT2D eigenvalue weighted by molar-refractivity contribution is -0.150. The van der Waals surface area contributed by atoms with Gasteiger partial charge in [0.25, 0.3) is 5.56 Å². The first-order valence-electron chi connectivity index (χ1n) is 11.2. The molecule has 32 heavy (non-hydrogen) atoms. The minimum Gasteiger partial charge on any atom is -0.466 e. The third-order valence-electron chi connectivity index (χ3n) is 6.32. The normalized spacial score (nSPS) is 19.2. The van der Waals surface area contributed by atoms with E-state index in [0.717, 1.165) is 18.5 Å². The van der Waals surface area contributed by atoms with Gasteiger partial charge in [-0.1, -0.05) is 42.0 Å². The number of carbonyl (C=O) groups is 1. The van der Waals surface area contributed by atoms with Crippen LogP contribution < -0.4 is 11.2 Å². The quantitative estimate of drug-likeness (QED) is 0.602. The molecule has 0 spiro atoms. The molecule has 0 amide bonds. The number of aromatic amines is 1. The second-order valence-electron chi connectivity index (χ2n) is 8.40. The molecule has 1 saturated heterocycles. The average Bonchev–Trinajstić information content (AvgIpc) is 2.79. The number of carbonyl (C=O) groups excluding carboxylic acids is 1. The average molecular weight is 436 g/mol. The predicted molar refractivity (Wildman–Crippen MR) is 124 cm³/mol. The van der Waals surface area contributed by atoms with E-state index in [0.29, 0.717) is 30.6 Å². The van der Waals surface area contributed by atoms with E-state index in [2.05, 4.69) is 34.1 Å². The number of hydrogen-bond donors (Lipinski definition) is 1. The fourth-order valence-electron chi connectivity index (χ4n) is 4.57. The van der Waals surface area contributed by atoms with E-state index in [4.69, 9.17) is 4.74 Å². The zero-order valence-corrected chi connectivity index (χ0v) is 18.5. The van der Waals surface area contributed by atoms with Crippen LogP contribution in [0.1, 0.15) is 30.4 Å². The van der Waals surface area contributed by atoms with Crippen molar-refractivity contribution in [3.05, 3.63) is 80.5 Å². The van der Waals surface area contributed by atoms with Gasteiger partial charge in [0, 0.05) is 19.6 Å². The summed E-state index contributed by atoms with van der Waals surface area (Å²) in [6, 6.07) is 15.3. The predicted octanol–water partition coefficient (Wildman–Crippen LogP) is 2.67. The Balaban J connectivity index is 1.52. The van der Waals surface area contributed by atoms with Crippen molar-refractivity contribution in [1.82, 2.24) is 14.5 Å². The number of hydrogen-bond acceptors (Lipinski definition) is 5. The van der Waals surface area contributed by atoms with Crippen LogP contribution in [0, 0.1) is 12.8 Å². The number of fused-ring (bicyclic) bond motifs is 1. The van der Waals surface area contributed by atoms with Gasteiger partial charge < -0.3 is 14.6 Å². The Labute approximate surface area is 186 Å². The summed E-state index contributed by atoms with van der Waals surface area (Å²) in [5.74, 6) is -0.376. The second-order valence-corrected chi connectivity index (χ2v) is 8.40. The zero-order chi connectivity index (χ0) is 22.7. The smallest absolute Gasteiger partial charge is 0.328 e. The van der Waals surface area contributed by atoms with Crippen LogP contribution in [0.25, 0.3) is 10.9 Å². The summed E-state index contributed by atoms with van der Waals surface area (Å²) in [4.78, 5) is 42.9. The summed E-state index contributed by atoms with van der Waals surface area (Å²) in [5, 5.41) is 0.495. The molecule has 4 rings (SSSR count). The molecular formula is C25H29N3O4. The molecule has 1 aromatic heterocycles. The molecule has 1 N–H and O–H groups in total. The van der Waals surface area contributed by atoms with Crippen LogP contribution in [0.2, 0.25) is 0 Å². The van der Waals surface area contributed by atoms with Crippen molar-refractivity contribution in [3.63, 3.8) is 0 Å². The Morgan fingerprint density at radius 3 is 2.59 bits per heavy atom. The molecular weight excluding hydrogens is 406 g/mol. The van der Waals surface area contributed by atoms with Gasteiger partial charge in [-0.05, 0) is 50.4 Å². The summed E-state index contributed by atoms with van der Waals surface area (Å²) in [6.45, 7) is 6.31. The maximum atomic E-state index is 12.8. The number of piperidine rings is 1. The lowest BCUT2D eigenvalue weighted by Crippen LogP contribution is -2.46. The SMILES string of the molecule is CCOC(=O)C1CN(CCn2c(=O)[nH]c3ccccc3c2=O)CCC1c1ccc(C)cc1. The van der Waals surface area contributed by atoms with Crippen LogP contribution in [-0.4, -0.2) is 46.7 Å². The van der Waals surface area contributed by atoms with Crippen LogP contribution >= 0.6 is 0 Å². The van der Waals surface area contributed by atoms with E-state index in [-0.39, 0.29) is 29.9 Å². The number of ether oxygens (including phenoxy) is 1. The van der Waals surface area contributed by atoms with Gasteiger partial charge in [-0.25, -0.2) is 4.79 Å². The van der Waals surface area contributed by atoms with Gasteiger partial charge in [0.2, 0.25) is 0 Å². The summed E-state index contributed by atoms with van der Waals surface area (Å²) in [6.07, 6.45) is 0.815. The van der Waals surface area contributed by atoms with Crippen molar-refractivity contribution < 1.29 is 9.53 Å². The summed E-state index contributed by atoms with van der Waals surface area (Å²) in [5.41, 5.74) is 2.17. The van der Waals surface area contributed by atoms with Crippen molar-refractivity contribution in [2.24, 2.45) is 5.92 Å². The van der Waals surface area contributed by atoms with E-state index in [1.807, 2.05) is 13.8 Å². The number of nitrogens with one attached hydrogen (secondary N) is 1. The van der Waals surface area contributed by atoms with Gasteiger partial charge >= 0.3 is 11.7 Å². The maximum Gasteiger partial charge on any atom is 0.328 e. The molecule has 1 fully saturated rings. The number of nitrogens with zero attached hydrogens (tertiary/aromatic N) is 2. The van der Waals surface area contributed by atoms with E-state index >= 15 is 0 Å². The van der Waals surface area contributed by atoms with Crippen LogP contribution in [0.15, 0.2) is 58.1 Å².